The van der Waals surface area contributed by atoms with Gasteiger partial charge in [0.15, 0.2) is 0 Å². The van der Waals surface area contributed by atoms with Gasteiger partial charge in [-0.2, -0.15) is 4.98 Å². The van der Waals surface area contributed by atoms with Crippen LogP contribution in [-0.4, -0.2) is 56.3 Å². The fourth-order valence-electron chi connectivity index (χ4n) is 4.81. The number of furan rings is 1. The molecule has 5 heterocycles. The summed E-state index contributed by atoms with van der Waals surface area (Å²) >= 11 is 5.80. The number of hydrogen-bond acceptors (Lipinski definition) is 7. The van der Waals surface area contributed by atoms with Crippen LogP contribution in [0.3, 0.4) is 0 Å². The van der Waals surface area contributed by atoms with Gasteiger partial charge in [0.2, 0.25) is 17.4 Å². The molecule has 2 aliphatic rings. The monoisotopic (exact) mass is 570 g/mol. The highest BCUT2D eigenvalue weighted by Crippen LogP contribution is 2.28. The average Bonchev–Trinajstić information content (AvgIpc) is 3.44. The molecule has 4 aromatic rings. The number of carboxylic acids is 1. The zero-order valence-electron chi connectivity index (χ0n) is 21.3. The van der Waals surface area contributed by atoms with Crippen LogP contribution in [-0.2, 0) is 24.4 Å². The van der Waals surface area contributed by atoms with Crippen molar-refractivity contribution in [2.45, 2.75) is 38.6 Å². The number of nitrogens with zero attached hydrogens (tertiary/aromatic N) is 4. The van der Waals surface area contributed by atoms with Crippen LogP contribution in [0.1, 0.15) is 40.5 Å². The van der Waals surface area contributed by atoms with Crippen LogP contribution in [0.2, 0.25) is 5.02 Å². The van der Waals surface area contributed by atoms with Gasteiger partial charge in [-0.05, 0) is 30.5 Å². The van der Waals surface area contributed by atoms with E-state index >= 15 is 0 Å². The van der Waals surface area contributed by atoms with Crippen LogP contribution >= 0.6 is 11.6 Å². The maximum Gasteiger partial charge on any atom is 0.371 e. The molecule has 0 saturated carbocycles. The Labute approximate surface area is 232 Å². The number of benzene rings is 1. The van der Waals surface area contributed by atoms with Gasteiger partial charge in [-0.15, -0.1) is 0 Å². The fraction of sp³-hybridized carbons (Fsp3) is 0.321. The molecule has 1 N–H and O–H groups in total. The van der Waals surface area contributed by atoms with Crippen molar-refractivity contribution < 1.29 is 32.6 Å². The largest absolute Gasteiger partial charge is 0.475 e. The number of carboxylic acid groups (broad SMARTS) is 1. The molecule has 0 amide bonds. The Balaban J connectivity index is 1.15. The number of aromatic nitrogens is 3. The second kappa shape index (κ2) is 11.0. The SMILES string of the molecule is O=C(O)c1cc2c(nc(CN3CC=C(c4cc(F)cc(OCc5ccc(Cl)cc5F)n4)CC3)n2CC2CCO2)o1. The van der Waals surface area contributed by atoms with Crippen molar-refractivity contribution in [2.24, 2.45) is 0 Å². The number of aromatic carboxylic acids is 1. The predicted molar refractivity (Wildman–Crippen MR) is 141 cm³/mol. The molecule has 0 aliphatic carbocycles. The van der Waals surface area contributed by atoms with Crippen molar-refractivity contribution in [1.82, 2.24) is 19.4 Å². The zero-order chi connectivity index (χ0) is 27.8. The maximum absolute atomic E-state index is 14.4. The van der Waals surface area contributed by atoms with E-state index in [1.165, 1.54) is 30.3 Å². The minimum atomic E-state index is -1.14. The van der Waals surface area contributed by atoms with Gasteiger partial charge in [0, 0.05) is 48.5 Å². The van der Waals surface area contributed by atoms with Gasteiger partial charge >= 0.3 is 5.97 Å². The molecular formula is C28H25ClF2N4O5. The van der Waals surface area contributed by atoms with E-state index in [4.69, 9.17) is 25.5 Å². The first kappa shape index (κ1) is 26.4. The summed E-state index contributed by atoms with van der Waals surface area (Å²) in [6, 6.07) is 8.30. The standard InChI is InChI=1S/C28H25ClF2N4O5/c29-18-2-1-17(21(31)9-18)15-39-26-11-19(30)10-22(32-26)16-3-6-34(7-4-16)14-25-33-27-23(12-24(40-27)28(36)37)35(25)13-20-5-8-38-20/h1-3,9-12,20H,4-8,13-15H2,(H,36,37). The van der Waals surface area contributed by atoms with Gasteiger partial charge in [0.05, 0.1) is 24.9 Å². The van der Waals surface area contributed by atoms with E-state index in [1.54, 1.807) is 6.07 Å². The average molecular weight is 571 g/mol. The van der Waals surface area contributed by atoms with Crippen molar-refractivity contribution in [3.8, 4) is 5.88 Å². The molecule has 0 bridgehead atoms. The van der Waals surface area contributed by atoms with Gasteiger partial charge in [-0.1, -0.05) is 23.7 Å². The zero-order valence-corrected chi connectivity index (χ0v) is 22.0. The third-order valence-corrected chi connectivity index (χ3v) is 7.30. The van der Waals surface area contributed by atoms with E-state index in [-0.39, 0.29) is 40.7 Å². The number of pyridine rings is 1. The second-order valence-corrected chi connectivity index (χ2v) is 10.2. The number of imidazole rings is 1. The van der Waals surface area contributed by atoms with E-state index in [0.29, 0.717) is 50.4 Å². The number of fused-ring (bicyclic) bond motifs is 1. The lowest BCUT2D eigenvalue weighted by atomic mass is 10.0. The molecule has 1 fully saturated rings. The summed E-state index contributed by atoms with van der Waals surface area (Å²) in [5.41, 5.74) is 2.55. The molecule has 1 unspecified atom stereocenters. The number of ether oxygens (including phenoxy) is 2. The summed E-state index contributed by atoms with van der Waals surface area (Å²) in [6.45, 7) is 2.93. The molecule has 3 aromatic heterocycles. The van der Waals surface area contributed by atoms with Crippen LogP contribution in [0.5, 0.6) is 5.88 Å². The molecule has 0 spiro atoms. The summed E-state index contributed by atoms with van der Waals surface area (Å²) in [7, 11) is 0. The quantitative estimate of drug-likeness (QED) is 0.289. The lowest BCUT2D eigenvalue weighted by Crippen LogP contribution is -2.33. The van der Waals surface area contributed by atoms with E-state index in [2.05, 4.69) is 14.9 Å². The van der Waals surface area contributed by atoms with Crippen LogP contribution in [0, 0.1) is 11.6 Å². The van der Waals surface area contributed by atoms with Crippen LogP contribution < -0.4 is 4.74 Å². The molecule has 2 aliphatic heterocycles. The van der Waals surface area contributed by atoms with Crippen molar-refractivity contribution in [3.05, 3.63) is 82.0 Å². The highest BCUT2D eigenvalue weighted by molar-refractivity contribution is 6.30. The minimum Gasteiger partial charge on any atom is -0.475 e. The van der Waals surface area contributed by atoms with E-state index in [1.807, 2.05) is 10.6 Å². The van der Waals surface area contributed by atoms with Gasteiger partial charge in [0.1, 0.15) is 29.6 Å². The van der Waals surface area contributed by atoms with Crippen molar-refractivity contribution in [1.29, 1.82) is 0 Å². The highest BCUT2D eigenvalue weighted by Gasteiger charge is 2.26. The topological polar surface area (TPSA) is 103 Å². The molecule has 1 aromatic carbocycles. The maximum atomic E-state index is 14.4. The Kier molecular flexibility index (Phi) is 7.26. The van der Waals surface area contributed by atoms with Gasteiger partial charge in [0.25, 0.3) is 0 Å². The molecule has 9 nitrogen and oxygen atoms in total. The first-order chi connectivity index (χ1) is 19.3. The van der Waals surface area contributed by atoms with Crippen molar-refractivity contribution in [3.63, 3.8) is 0 Å². The summed E-state index contributed by atoms with van der Waals surface area (Å²) in [6.07, 6.45) is 3.59. The van der Waals surface area contributed by atoms with Crippen LogP contribution in [0.25, 0.3) is 16.8 Å². The minimum absolute atomic E-state index is 0.0545. The fourth-order valence-corrected chi connectivity index (χ4v) is 4.97. The second-order valence-electron chi connectivity index (χ2n) is 9.77. The summed E-state index contributed by atoms with van der Waals surface area (Å²) in [5, 5.41) is 9.58. The van der Waals surface area contributed by atoms with Gasteiger partial charge < -0.3 is 23.6 Å². The number of halogens is 3. The molecule has 40 heavy (non-hydrogen) atoms. The summed E-state index contributed by atoms with van der Waals surface area (Å²) in [5.74, 6) is -1.47. The molecule has 12 heteroatoms. The molecule has 1 saturated heterocycles. The molecular weight excluding hydrogens is 546 g/mol. The third-order valence-electron chi connectivity index (χ3n) is 7.06. The van der Waals surface area contributed by atoms with Crippen LogP contribution in [0.4, 0.5) is 8.78 Å². The summed E-state index contributed by atoms with van der Waals surface area (Å²) < 4.78 is 47.1. The molecule has 208 valence electrons. The lowest BCUT2D eigenvalue weighted by Gasteiger charge is -2.29. The Morgan fingerprint density at radius 3 is 2.75 bits per heavy atom. The van der Waals surface area contributed by atoms with Gasteiger partial charge in [-0.25, -0.2) is 18.6 Å². The van der Waals surface area contributed by atoms with Crippen molar-refractivity contribution >= 4 is 34.4 Å². The van der Waals surface area contributed by atoms with Crippen LogP contribution in [0.15, 0.2) is 46.9 Å². The predicted octanol–water partition coefficient (Wildman–Crippen LogP) is 5.31. The van der Waals surface area contributed by atoms with E-state index in [9.17, 15) is 18.7 Å². The Bertz CT molecular complexity index is 1610. The lowest BCUT2D eigenvalue weighted by molar-refractivity contribution is -0.0591. The Hall–Kier alpha value is -3.80. The van der Waals surface area contributed by atoms with E-state index in [0.717, 1.165) is 17.8 Å². The molecule has 1 atom stereocenters. The first-order valence-corrected chi connectivity index (χ1v) is 13.2. The summed E-state index contributed by atoms with van der Waals surface area (Å²) in [4.78, 5) is 22.6. The highest BCUT2D eigenvalue weighted by atomic mass is 35.5. The number of carbonyl (C=O) groups is 1. The smallest absolute Gasteiger partial charge is 0.371 e. The van der Waals surface area contributed by atoms with Gasteiger partial charge in [-0.3, -0.25) is 4.90 Å². The Morgan fingerprint density at radius 2 is 2.05 bits per heavy atom. The van der Waals surface area contributed by atoms with Crippen molar-refractivity contribution in [2.75, 3.05) is 19.7 Å². The molecule has 0 radical (unpaired) electrons. The molecule has 6 rings (SSSR count). The third kappa shape index (κ3) is 5.58. The van der Waals surface area contributed by atoms with E-state index < -0.39 is 17.6 Å². The number of hydrogen-bond donors (Lipinski definition) is 1. The normalized spacial score (nSPS) is 17.6. The number of rotatable bonds is 9. The Morgan fingerprint density at radius 1 is 1.20 bits per heavy atom. The first-order valence-electron chi connectivity index (χ1n) is 12.8.